The summed E-state index contributed by atoms with van der Waals surface area (Å²) in [5.74, 6) is 0.242. The Labute approximate surface area is 222 Å². The molecular weight excluding hydrogens is 490 g/mol. The van der Waals surface area contributed by atoms with E-state index in [2.05, 4.69) is 4.90 Å². The van der Waals surface area contributed by atoms with Crippen LogP contribution in [0.2, 0.25) is 0 Å². The quantitative estimate of drug-likeness (QED) is 0.307. The van der Waals surface area contributed by atoms with Gasteiger partial charge in [-0.1, -0.05) is 13.0 Å². The number of aliphatic carboxylic acids is 1. The van der Waals surface area contributed by atoms with Crippen LogP contribution in [0.3, 0.4) is 0 Å². The van der Waals surface area contributed by atoms with Crippen LogP contribution in [0.25, 0.3) is 0 Å². The van der Waals surface area contributed by atoms with Crippen LogP contribution < -0.4 is 4.74 Å². The minimum atomic E-state index is -1.10. The highest BCUT2D eigenvalue weighted by molar-refractivity contribution is 5.69. The van der Waals surface area contributed by atoms with E-state index in [1.807, 2.05) is 13.0 Å². The van der Waals surface area contributed by atoms with Crippen LogP contribution in [0, 0.1) is 11.8 Å². The standard InChI is InChI=1S/C29H37NO8/c1-2-18(26(32)33)5-3-4-14-36-27(34)37-21-10-11-29(35)22-15-19-8-9-20(31)24-23(19)28(29,25(21)38-24)12-13-30(22)16-17-6-7-17/h8-10,17-18,22,25,31,35H,2-7,11-16H2,1H3,(H,32,33)/t18?,22-,25+,28+,29-/m1/s1. The van der Waals surface area contributed by atoms with Gasteiger partial charge in [-0.25, -0.2) is 4.79 Å². The second-order valence-electron chi connectivity index (χ2n) is 11.7. The highest BCUT2D eigenvalue weighted by Crippen LogP contribution is 2.65. The number of aliphatic hydroxyl groups is 1. The Bertz CT molecular complexity index is 1160. The molecule has 9 nitrogen and oxygen atoms in total. The number of carboxylic acids is 1. The van der Waals surface area contributed by atoms with Crippen LogP contribution in [0.15, 0.2) is 24.0 Å². The number of unbranched alkanes of at least 4 members (excludes halogenated alkanes) is 1. The fraction of sp³-hybridized carbons (Fsp3) is 0.655. The molecule has 5 atom stereocenters. The van der Waals surface area contributed by atoms with E-state index in [4.69, 9.17) is 14.2 Å². The molecule has 2 aliphatic heterocycles. The largest absolute Gasteiger partial charge is 0.513 e. The van der Waals surface area contributed by atoms with Gasteiger partial charge < -0.3 is 29.5 Å². The Morgan fingerprint density at radius 1 is 1.26 bits per heavy atom. The third-order valence-electron chi connectivity index (χ3n) is 9.60. The lowest BCUT2D eigenvalue weighted by atomic mass is 9.50. The Morgan fingerprint density at radius 2 is 2.08 bits per heavy atom. The maximum Gasteiger partial charge on any atom is 0.513 e. The number of aromatic hydroxyl groups is 1. The van der Waals surface area contributed by atoms with Crippen LogP contribution in [0.1, 0.15) is 69.4 Å². The molecule has 0 amide bonds. The summed E-state index contributed by atoms with van der Waals surface area (Å²) in [6.45, 7) is 3.78. The molecule has 6 rings (SSSR count). The summed E-state index contributed by atoms with van der Waals surface area (Å²) in [7, 11) is 0. The number of piperidine rings is 1. The van der Waals surface area contributed by atoms with Gasteiger partial charge in [0.1, 0.15) is 5.76 Å². The van der Waals surface area contributed by atoms with Crippen molar-refractivity contribution >= 4 is 12.1 Å². The van der Waals surface area contributed by atoms with Crippen molar-refractivity contribution < 1.29 is 39.1 Å². The number of ether oxygens (including phenoxy) is 3. The Kier molecular flexibility index (Phi) is 6.34. The van der Waals surface area contributed by atoms with Gasteiger partial charge in [-0.15, -0.1) is 0 Å². The molecule has 3 aliphatic carbocycles. The third kappa shape index (κ3) is 3.88. The highest BCUT2D eigenvalue weighted by Gasteiger charge is 2.72. The molecule has 1 aromatic rings. The van der Waals surface area contributed by atoms with E-state index in [1.54, 1.807) is 12.1 Å². The van der Waals surface area contributed by atoms with Gasteiger partial charge in [0, 0.05) is 24.6 Å². The maximum absolute atomic E-state index is 12.6. The van der Waals surface area contributed by atoms with Crippen molar-refractivity contribution in [1.82, 2.24) is 4.90 Å². The summed E-state index contributed by atoms with van der Waals surface area (Å²) in [6, 6.07) is 3.52. The lowest BCUT2D eigenvalue weighted by molar-refractivity contribution is -0.169. The summed E-state index contributed by atoms with van der Waals surface area (Å²) < 4.78 is 17.3. The zero-order valence-electron chi connectivity index (χ0n) is 21.9. The summed E-state index contributed by atoms with van der Waals surface area (Å²) in [6.07, 6.45) is 6.60. The van der Waals surface area contributed by atoms with E-state index < -0.39 is 29.2 Å². The number of carbonyl (C=O) groups excluding carboxylic acids is 1. The molecule has 1 saturated carbocycles. The number of phenolic OH excluding ortho intramolecular Hbond substituents is 1. The number of benzene rings is 1. The molecule has 1 unspecified atom stereocenters. The average molecular weight is 528 g/mol. The number of rotatable bonds is 10. The van der Waals surface area contributed by atoms with Gasteiger partial charge in [-0.3, -0.25) is 9.69 Å². The zero-order valence-corrected chi connectivity index (χ0v) is 21.9. The van der Waals surface area contributed by atoms with E-state index in [-0.39, 0.29) is 24.3 Å². The molecular formula is C29H37NO8. The number of carbonyl (C=O) groups is 2. The van der Waals surface area contributed by atoms with Gasteiger partial charge in [0.05, 0.1) is 23.5 Å². The first-order valence-electron chi connectivity index (χ1n) is 14.0. The summed E-state index contributed by atoms with van der Waals surface area (Å²) in [4.78, 5) is 26.3. The zero-order chi connectivity index (χ0) is 26.7. The number of nitrogens with zero attached hydrogens (tertiary/aromatic N) is 1. The molecule has 206 valence electrons. The van der Waals surface area contributed by atoms with E-state index in [0.717, 1.165) is 24.2 Å². The first-order valence-corrected chi connectivity index (χ1v) is 14.0. The molecule has 1 saturated heterocycles. The number of phenols is 1. The van der Waals surface area contributed by atoms with E-state index >= 15 is 0 Å². The SMILES string of the molecule is CCC(CCCCOC(=O)OC1=CC[C@@]2(O)[C@H]3Cc4ccc(O)c5c4[C@@]2(CCN3CC2CC2)[C@H]1O5)C(=O)O. The topological polar surface area (TPSA) is 126 Å². The second kappa shape index (κ2) is 9.45. The molecule has 38 heavy (non-hydrogen) atoms. The fourth-order valence-electron chi connectivity index (χ4n) is 7.44. The molecule has 1 aromatic carbocycles. The monoisotopic (exact) mass is 527 g/mol. The van der Waals surface area contributed by atoms with Crippen molar-refractivity contribution in [3.63, 3.8) is 0 Å². The smallest absolute Gasteiger partial charge is 0.504 e. The normalized spacial score (nSPS) is 31.6. The van der Waals surface area contributed by atoms with Crippen LogP contribution in [0.4, 0.5) is 4.79 Å². The van der Waals surface area contributed by atoms with E-state index in [1.165, 1.54) is 12.8 Å². The summed E-state index contributed by atoms with van der Waals surface area (Å²) in [5.41, 5.74) is 0.0217. The van der Waals surface area contributed by atoms with Gasteiger partial charge in [0.2, 0.25) is 0 Å². The van der Waals surface area contributed by atoms with Crippen molar-refractivity contribution in [3.05, 3.63) is 35.1 Å². The van der Waals surface area contributed by atoms with Gasteiger partial charge >= 0.3 is 12.1 Å². The number of likely N-dealkylation sites (tertiary alicyclic amines) is 1. The van der Waals surface area contributed by atoms with Crippen LogP contribution in [-0.2, 0) is 26.1 Å². The Balaban J connectivity index is 1.19. The molecule has 5 aliphatic rings. The molecule has 2 heterocycles. The van der Waals surface area contributed by atoms with Crippen molar-refractivity contribution in [2.24, 2.45) is 11.8 Å². The lowest BCUT2D eigenvalue weighted by Gasteiger charge is -2.62. The molecule has 9 heteroatoms. The molecule has 0 aromatic heterocycles. The lowest BCUT2D eigenvalue weighted by Crippen LogP contribution is -2.75. The number of hydrogen-bond donors (Lipinski definition) is 3. The highest BCUT2D eigenvalue weighted by atomic mass is 16.7. The van der Waals surface area contributed by atoms with E-state index in [0.29, 0.717) is 62.4 Å². The summed E-state index contributed by atoms with van der Waals surface area (Å²) >= 11 is 0. The molecule has 3 N–H and O–H groups in total. The average Bonchev–Trinajstić information content (AvgIpc) is 3.62. The first-order chi connectivity index (χ1) is 18.3. The van der Waals surface area contributed by atoms with Crippen molar-refractivity contribution in [1.29, 1.82) is 0 Å². The molecule has 0 radical (unpaired) electrons. The third-order valence-corrected chi connectivity index (χ3v) is 9.60. The fourth-order valence-corrected chi connectivity index (χ4v) is 7.44. The molecule has 1 spiro atoms. The number of carboxylic acid groups (broad SMARTS) is 1. The second-order valence-corrected chi connectivity index (χ2v) is 11.7. The van der Waals surface area contributed by atoms with Crippen LogP contribution >= 0.6 is 0 Å². The van der Waals surface area contributed by atoms with E-state index in [9.17, 15) is 24.9 Å². The van der Waals surface area contributed by atoms with Crippen LogP contribution in [-0.4, -0.2) is 69.8 Å². The van der Waals surface area contributed by atoms with Crippen molar-refractivity contribution in [3.8, 4) is 11.5 Å². The summed E-state index contributed by atoms with van der Waals surface area (Å²) in [5, 5.41) is 32.3. The van der Waals surface area contributed by atoms with Gasteiger partial charge in [-0.05, 0) is 81.5 Å². The molecule has 2 bridgehead atoms. The van der Waals surface area contributed by atoms with Crippen molar-refractivity contribution in [2.75, 3.05) is 19.7 Å². The van der Waals surface area contributed by atoms with Crippen LogP contribution in [0.5, 0.6) is 11.5 Å². The van der Waals surface area contributed by atoms with Gasteiger partial charge in [0.15, 0.2) is 17.6 Å². The van der Waals surface area contributed by atoms with Gasteiger partial charge in [-0.2, -0.15) is 0 Å². The Morgan fingerprint density at radius 3 is 2.82 bits per heavy atom. The predicted octanol–water partition coefficient (Wildman–Crippen LogP) is 3.88. The minimum absolute atomic E-state index is 0.0300. The van der Waals surface area contributed by atoms with Gasteiger partial charge in [0.25, 0.3) is 0 Å². The molecule has 2 fully saturated rings. The Hall–Kier alpha value is -2.78. The maximum atomic E-state index is 12.6. The first kappa shape index (κ1) is 25.5. The minimum Gasteiger partial charge on any atom is -0.504 e. The van der Waals surface area contributed by atoms with Crippen molar-refractivity contribution in [2.45, 2.75) is 87.9 Å². The number of hydrogen-bond acceptors (Lipinski definition) is 8. The predicted molar refractivity (Wildman–Crippen MR) is 136 cm³/mol.